The maximum atomic E-state index is 2.56. The first-order valence-corrected chi connectivity index (χ1v) is 14.6. The molecule has 0 bridgehead atoms. The van der Waals surface area contributed by atoms with Crippen LogP contribution in [0.4, 0.5) is 0 Å². The minimum absolute atomic E-state index is 0. The summed E-state index contributed by atoms with van der Waals surface area (Å²) >= 11 is -3.03. The minimum atomic E-state index is -3.03. The van der Waals surface area contributed by atoms with Gasteiger partial charge in [0.25, 0.3) is 0 Å². The zero-order valence-electron chi connectivity index (χ0n) is 10.9. The van der Waals surface area contributed by atoms with Crippen molar-refractivity contribution < 1.29 is 38.8 Å². The van der Waals surface area contributed by atoms with Gasteiger partial charge in [0.15, 0.2) is 0 Å². The van der Waals surface area contributed by atoms with Gasteiger partial charge in [0.05, 0.1) is 0 Å². The Labute approximate surface area is 117 Å². The monoisotopic (exact) mass is 326 g/mol. The van der Waals surface area contributed by atoms with Gasteiger partial charge in [-0.05, 0) is 0 Å². The van der Waals surface area contributed by atoms with Crippen molar-refractivity contribution in [3.8, 4) is 0 Å². The summed E-state index contributed by atoms with van der Waals surface area (Å²) in [5.74, 6) is 2.32. The first-order chi connectivity index (χ1) is 6.74. The van der Waals surface area contributed by atoms with Crippen LogP contribution in [0.25, 0.3) is 0 Å². The number of halogens is 2. The summed E-state index contributed by atoms with van der Waals surface area (Å²) in [5, 5.41) is 10.2. The van der Waals surface area contributed by atoms with E-state index in [1.54, 1.807) is 7.48 Å². The van der Waals surface area contributed by atoms with E-state index < -0.39 is 14.0 Å². The quantitative estimate of drug-likeness (QED) is 0.587. The molecule has 0 fully saturated rings. The number of hydrogen-bond donors (Lipinski definition) is 0. The van der Waals surface area contributed by atoms with Gasteiger partial charge in [0, 0.05) is 0 Å². The van der Waals surface area contributed by atoms with Crippen molar-refractivity contribution in [2.75, 3.05) is 0 Å². The Morgan fingerprint density at radius 1 is 1.12 bits per heavy atom. The van der Waals surface area contributed by atoms with Gasteiger partial charge in [0.2, 0.25) is 0 Å². The predicted octanol–water partition coefficient (Wildman–Crippen LogP) is -1.39. The van der Waals surface area contributed by atoms with Crippen LogP contribution in [0.5, 0.6) is 0 Å². The molecule has 1 aromatic heterocycles. The molecule has 2 rings (SSSR count). The summed E-state index contributed by atoms with van der Waals surface area (Å²) in [6, 6.07) is 4.61. The second-order valence-corrected chi connectivity index (χ2v) is 27.3. The Bertz CT molecular complexity index is 448. The van der Waals surface area contributed by atoms with E-state index in [2.05, 4.69) is 57.1 Å². The molecule has 17 heavy (non-hydrogen) atoms. The standard InChI is InChI=1S/C5H5.C4H4P.4CH3.2ClH.Ti/c2*1-2-4-5-3-1;;;;;;;/h1-3H,4H2;1-3,5H;4*1H3;2*1H;/q;;;;;;;;+2/p-2. The average molecular weight is 327 g/mol. The maximum absolute atomic E-state index is 3.03. The van der Waals surface area contributed by atoms with E-state index >= 15 is 0 Å². The van der Waals surface area contributed by atoms with Gasteiger partial charge in [-0.1, -0.05) is 0 Å². The van der Waals surface area contributed by atoms with E-state index in [1.165, 1.54) is 6.42 Å². The largest absolute Gasteiger partial charge is 1.00 e. The number of rotatable bonds is 2. The molecule has 1 atom stereocenters. The van der Waals surface area contributed by atoms with Gasteiger partial charge in [-0.3, -0.25) is 0 Å². The molecule has 0 nitrogen and oxygen atoms in total. The summed E-state index contributed by atoms with van der Waals surface area (Å²) in [4.78, 5) is 0. The molecule has 0 saturated heterocycles. The van der Waals surface area contributed by atoms with Crippen LogP contribution >= 0.6 is 8.19 Å². The molecule has 1 aromatic rings. The Morgan fingerprint density at radius 3 is 2.18 bits per heavy atom. The number of allylic oxidation sites excluding steroid dienone is 4. The predicted molar refractivity (Wildman–Crippen MR) is 70.9 cm³/mol. The molecule has 0 saturated carbocycles. The third-order valence-corrected chi connectivity index (χ3v) is 19.3. The van der Waals surface area contributed by atoms with Gasteiger partial charge in [0.1, 0.15) is 0 Å². The van der Waals surface area contributed by atoms with Gasteiger partial charge in [-0.2, -0.15) is 0 Å². The molecular formula is C13H21Cl2PTi. The summed E-state index contributed by atoms with van der Waals surface area (Å²) in [7, 11) is 0.915. The van der Waals surface area contributed by atoms with Crippen molar-refractivity contribution in [1.29, 1.82) is 0 Å². The normalized spacial score (nSPS) is 16.8. The van der Waals surface area contributed by atoms with E-state index in [0.717, 1.165) is 8.19 Å². The van der Waals surface area contributed by atoms with Gasteiger partial charge in [-0.15, -0.1) is 0 Å². The van der Waals surface area contributed by atoms with E-state index in [4.69, 9.17) is 0 Å². The molecule has 1 heterocycles. The Balaban J connectivity index is 0.00000128. The molecule has 0 spiro atoms. The molecule has 0 radical (unpaired) electrons. The molecule has 1 aliphatic rings. The molecule has 0 aliphatic heterocycles. The van der Waals surface area contributed by atoms with Crippen molar-refractivity contribution in [1.82, 2.24) is 0 Å². The second kappa shape index (κ2) is 4.59. The van der Waals surface area contributed by atoms with Crippen molar-refractivity contribution in [3.63, 3.8) is 0 Å². The minimum Gasteiger partial charge on any atom is -1.00 e. The van der Waals surface area contributed by atoms with Crippen molar-refractivity contribution in [2.45, 2.75) is 27.3 Å². The van der Waals surface area contributed by atoms with Crippen LogP contribution in [-0.2, 0) is 14.0 Å². The van der Waals surface area contributed by atoms with E-state index in [-0.39, 0.29) is 24.8 Å². The van der Waals surface area contributed by atoms with Crippen molar-refractivity contribution >= 4 is 11.8 Å². The van der Waals surface area contributed by atoms with Crippen LogP contribution in [-0.4, -0.2) is 0 Å². The summed E-state index contributed by atoms with van der Waals surface area (Å²) in [6.45, 7) is 0. The SMILES string of the molecule is [CH3][Ti+2]([CH3])([CH3])([CH3])([C]1=CC=CC1)[c]1ccc[pH]1.[Cl-].[Cl-]. The van der Waals surface area contributed by atoms with Crippen molar-refractivity contribution in [2.24, 2.45) is 0 Å². The van der Waals surface area contributed by atoms with Gasteiger partial charge >= 0.3 is 93.2 Å². The van der Waals surface area contributed by atoms with Crippen LogP contribution in [0.15, 0.2) is 40.0 Å². The summed E-state index contributed by atoms with van der Waals surface area (Å²) in [6.07, 6.45) is 8.07. The second-order valence-electron chi connectivity index (χ2n) is 7.53. The molecule has 0 amide bonds. The van der Waals surface area contributed by atoms with Crippen LogP contribution in [0, 0.1) is 0 Å². The van der Waals surface area contributed by atoms with E-state index in [0.29, 0.717) is 0 Å². The fraction of sp³-hybridized carbons (Fsp3) is 0.385. The van der Waals surface area contributed by atoms with Gasteiger partial charge < -0.3 is 24.8 Å². The van der Waals surface area contributed by atoms with Crippen LogP contribution < -0.4 is 28.4 Å². The Hall–Kier alpha value is 0.554. The van der Waals surface area contributed by atoms with Crippen LogP contribution in [0.1, 0.15) is 6.42 Å². The fourth-order valence-corrected chi connectivity index (χ4v) is 12.6. The summed E-state index contributed by atoms with van der Waals surface area (Å²) in [5.41, 5.74) is 0. The van der Waals surface area contributed by atoms with Crippen LogP contribution in [0.3, 0.4) is 0 Å². The molecular weight excluding hydrogens is 306 g/mol. The average Bonchev–Trinajstić information content (AvgIpc) is 2.77. The smallest absolute Gasteiger partial charge is 1.00 e. The number of hydrogen-bond acceptors (Lipinski definition) is 0. The Kier molecular flexibility index (Phi) is 4.73. The van der Waals surface area contributed by atoms with Gasteiger partial charge in [-0.25, -0.2) is 0 Å². The topological polar surface area (TPSA) is 0 Å². The maximum Gasteiger partial charge on any atom is -1.00 e. The van der Waals surface area contributed by atoms with Crippen LogP contribution in [0.2, 0.25) is 20.9 Å². The molecule has 4 heteroatoms. The first kappa shape index (κ1) is 17.6. The van der Waals surface area contributed by atoms with Crippen molar-refractivity contribution in [3.05, 3.63) is 40.0 Å². The molecule has 0 aromatic carbocycles. The third kappa shape index (κ3) is 2.94. The third-order valence-electron chi connectivity index (χ3n) is 4.03. The fourth-order valence-electron chi connectivity index (χ4n) is 2.48. The molecule has 0 N–H and O–H groups in total. The molecule has 1 aliphatic carbocycles. The zero-order valence-corrected chi connectivity index (χ0v) is 15.0. The molecule has 1 unspecified atom stereocenters. The molecule has 96 valence electrons. The zero-order chi connectivity index (χ0) is 11.2. The van der Waals surface area contributed by atoms with E-state index in [9.17, 15) is 0 Å². The summed E-state index contributed by atoms with van der Waals surface area (Å²) < 4.78 is 3.43. The Morgan fingerprint density at radius 2 is 1.76 bits per heavy atom. The van der Waals surface area contributed by atoms with E-state index in [1.807, 2.05) is 0 Å². The first-order valence-electron chi connectivity index (χ1n) is 5.71.